The number of ether oxygens (including phenoxy) is 3. The summed E-state index contributed by atoms with van der Waals surface area (Å²) in [5.41, 5.74) is 4.66. The van der Waals surface area contributed by atoms with Gasteiger partial charge in [0.25, 0.3) is 5.91 Å². The molecule has 8 heteroatoms. The number of amides is 3. The number of hydrogen-bond donors (Lipinski definition) is 2. The van der Waals surface area contributed by atoms with Crippen LogP contribution in [0.25, 0.3) is 0 Å². The normalized spacial score (nSPS) is 12.1. The Kier molecular flexibility index (Phi) is 6.58. The molecule has 34 heavy (non-hydrogen) atoms. The van der Waals surface area contributed by atoms with Gasteiger partial charge < -0.3 is 29.7 Å². The molecule has 0 saturated heterocycles. The van der Waals surface area contributed by atoms with Crippen LogP contribution in [-0.4, -0.2) is 39.8 Å². The molecule has 3 aromatic rings. The first-order valence-electron chi connectivity index (χ1n) is 10.8. The minimum Gasteiger partial charge on any atom is -0.493 e. The Hall–Kier alpha value is -4.20. The molecule has 4 rings (SSSR count). The third-order valence-electron chi connectivity index (χ3n) is 5.70. The Labute approximate surface area is 198 Å². The number of urea groups is 1. The van der Waals surface area contributed by atoms with E-state index in [0.717, 1.165) is 23.2 Å². The van der Waals surface area contributed by atoms with E-state index in [1.54, 1.807) is 17.0 Å². The van der Waals surface area contributed by atoms with Crippen molar-refractivity contribution in [2.45, 2.75) is 13.3 Å². The molecule has 2 N–H and O–H groups in total. The molecule has 176 valence electrons. The summed E-state index contributed by atoms with van der Waals surface area (Å²) in [6.07, 6.45) is 0.769. The highest BCUT2D eigenvalue weighted by Gasteiger charge is 2.26. The lowest BCUT2D eigenvalue weighted by Gasteiger charge is -2.19. The highest BCUT2D eigenvalue weighted by Crippen LogP contribution is 2.40. The minimum atomic E-state index is -0.441. The summed E-state index contributed by atoms with van der Waals surface area (Å²) in [5.74, 6) is 1.24. The molecule has 8 nitrogen and oxygen atoms in total. The zero-order valence-electron chi connectivity index (χ0n) is 19.6. The number of methoxy groups -OCH3 is 3. The highest BCUT2D eigenvalue weighted by atomic mass is 16.5. The van der Waals surface area contributed by atoms with Crippen LogP contribution in [0.2, 0.25) is 0 Å². The smallest absolute Gasteiger partial charge is 0.323 e. The van der Waals surface area contributed by atoms with E-state index >= 15 is 0 Å². The highest BCUT2D eigenvalue weighted by molar-refractivity contribution is 6.08. The van der Waals surface area contributed by atoms with Gasteiger partial charge in [-0.25, -0.2) is 4.79 Å². The molecule has 0 fully saturated rings. The van der Waals surface area contributed by atoms with Gasteiger partial charge in [-0.2, -0.15) is 0 Å². The van der Waals surface area contributed by atoms with Crippen molar-refractivity contribution in [2.24, 2.45) is 0 Å². The lowest BCUT2D eigenvalue weighted by molar-refractivity contribution is 0.0989. The largest absolute Gasteiger partial charge is 0.493 e. The van der Waals surface area contributed by atoms with Crippen molar-refractivity contribution < 1.29 is 23.8 Å². The Morgan fingerprint density at radius 1 is 0.824 bits per heavy atom. The van der Waals surface area contributed by atoms with Crippen LogP contribution >= 0.6 is 0 Å². The summed E-state index contributed by atoms with van der Waals surface area (Å²) in [7, 11) is 4.53. The van der Waals surface area contributed by atoms with Crippen LogP contribution in [0.4, 0.5) is 21.9 Å². The Balaban J connectivity index is 1.50. The van der Waals surface area contributed by atoms with E-state index in [9.17, 15) is 9.59 Å². The number of hydrogen-bond acceptors (Lipinski definition) is 5. The van der Waals surface area contributed by atoms with Crippen LogP contribution < -0.4 is 29.7 Å². The van der Waals surface area contributed by atoms with Crippen molar-refractivity contribution in [2.75, 3.05) is 43.4 Å². The van der Waals surface area contributed by atoms with E-state index in [-0.39, 0.29) is 5.91 Å². The third-order valence-corrected chi connectivity index (χ3v) is 5.70. The molecule has 0 spiro atoms. The molecule has 0 radical (unpaired) electrons. The first-order chi connectivity index (χ1) is 16.4. The molecule has 1 aliphatic heterocycles. The van der Waals surface area contributed by atoms with Crippen molar-refractivity contribution >= 4 is 29.0 Å². The molecule has 0 aromatic heterocycles. The molecule has 0 saturated carbocycles. The van der Waals surface area contributed by atoms with Gasteiger partial charge in [-0.15, -0.1) is 0 Å². The first kappa shape index (κ1) is 23.0. The Morgan fingerprint density at radius 3 is 2.09 bits per heavy atom. The van der Waals surface area contributed by atoms with Crippen LogP contribution in [0.1, 0.15) is 21.5 Å². The number of aryl methyl sites for hydroxylation is 1. The minimum absolute atomic E-state index is 0.0576. The van der Waals surface area contributed by atoms with Gasteiger partial charge in [0.05, 0.1) is 27.0 Å². The summed E-state index contributed by atoms with van der Waals surface area (Å²) in [5, 5.41) is 5.61. The molecule has 1 heterocycles. The van der Waals surface area contributed by atoms with Crippen molar-refractivity contribution in [1.29, 1.82) is 0 Å². The Morgan fingerprint density at radius 2 is 1.47 bits per heavy atom. The number of benzene rings is 3. The van der Waals surface area contributed by atoms with Crippen molar-refractivity contribution in [3.05, 3.63) is 71.3 Å². The molecule has 0 bridgehead atoms. The second kappa shape index (κ2) is 9.74. The fourth-order valence-corrected chi connectivity index (χ4v) is 3.97. The van der Waals surface area contributed by atoms with Gasteiger partial charge in [-0.3, -0.25) is 4.79 Å². The topological polar surface area (TPSA) is 89.1 Å². The zero-order valence-corrected chi connectivity index (χ0v) is 19.6. The van der Waals surface area contributed by atoms with Crippen molar-refractivity contribution in [3.63, 3.8) is 0 Å². The van der Waals surface area contributed by atoms with E-state index in [1.807, 2.05) is 49.4 Å². The van der Waals surface area contributed by atoms with Gasteiger partial charge in [-0.05, 0) is 43.2 Å². The quantitative estimate of drug-likeness (QED) is 0.547. The molecule has 0 atom stereocenters. The fraction of sp³-hybridized carbons (Fsp3) is 0.231. The lowest BCUT2D eigenvalue weighted by Crippen LogP contribution is -2.29. The van der Waals surface area contributed by atoms with Gasteiger partial charge in [0.15, 0.2) is 11.5 Å². The number of nitrogens with zero attached hydrogens (tertiary/aromatic N) is 1. The summed E-state index contributed by atoms with van der Waals surface area (Å²) in [6, 6.07) is 16.0. The van der Waals surface area contributed by atoms with Crippen LogP contribution in [0.5, 0.6) is 17.2 Å². The van der Waals surface area contributed by atoms with E-state index < -0.39 is 6.03 Å². The van der Waals surface area contributed by atoms with Crippen LogP contribution in [-0.2, 0) is 6.42 Å². The van der Waals surface area contributed by atoms with Crippen LogP contribution in [0.15, 0.2) is 54.6 Å². The number of carbonyl (C=O) groups is 2. The predicted octanol–water partition coefficient (Wildman–Crippen LogP) is 4.87. The van der Waals surface area contributed by atoms with Gasteiger partial charge in [0, 0.05) is 35.6 Å². The summed E-state index contributed by atoms with van der Waals surface area (Å²) in [4.78, 5) is 27.5. The molecular weight excluding hydrogens is 434 g/mol. The van der Waals surface area contributed by atoms with Gasteiger partial charge in [0.1, 0.15) is 0 Å². The number of anilines is 3. The van der Waals surface area contributed by atoms with E-state index in [4.69, 9.17) is 14.2 Å². The number of fused-ring (bicyclic) bond motifs is 1. The predicted molar refractivity (Wildman–Crippen MR) is 132 cm³/mol. The SMILES string of the molecule is COc1cc(NC(=O)Nc2ccc3c(c2)N(C(=O)c2ccc(C)cc2)CC3)cc(OC)c1OC. The van der Waals surface area contributed by atoms with E-state index in [1.165, 1.54) is 21.3 Å². The maximum atomic E-state index is 13.1. The van der Waals surface area contributed by atoms with E-state index in [2.05, 4.69) is 10.6 Å². The molecular formula is C26H27N3O5. The van der Waals surface area contributed by atoms with Gasteiger partial charge >= 0.3 is 6.03 Å². The summed E-state index contributed by atoms with van der Waals surface area (Å²) >= 11 is 0. The van der Waals surface area contributed by atoms with Crippen molar-refractivity contribution in [1.82, 2.24) is 0 Å². The number of rotatable bonds is 6. The molecule has 1 aliphatic rings. The summed E-state index contributed by atoms with van der Waals surface area (Å²) < 4.78 is 16.0. The average molecular weight is 462 g/mol. The standard InChI is InChI=1S/C26H27N3O5/c1-16-5-7-18(8-6-16)25(30)29-12-11-17-9-10-19(13-21(17)29)27-26(31)28-20-14-22(32-2)24(34-4)23(15-20)33-3/h5-10,13-15H,11-12H2,1-4H3,(H2,27,28,31). The average Bonchev–Trinajstić information content (AvgIpc) is 3.26. The molecule has 3 aromatic carbocycles. The molecule has 3 amide bonds. The molecule has 0 aliphatic carbocycles. The lowest BCUT2D eigenvalue weighted by atomic mass is 10.1. The number of carbonyl (C=O) groups excluding carboxylic acids is 2. The maximum absolute atomic E-state index is 13.1. The molecule has 0 unspecified atom stereocenters. The second-order valence-corrected chi connectivity index (χ2v) is 7.91. The van der Waals surface area contributed by atoms with E-state index in [0.29, 0.717) is 40.7 Å². The monoisotopic (exact) mass is 461 g/mol. The van der Waals surface area contributed by atoms with Crippen LogP contribution in [0.3, 0.4) is 0 Å². The third kappa shape index (κ3) is 4.61. The zero-order chi connectivity index (χ0) is 24.2. The Bertz CT molecular complexity index is 1200. The fourth-order valence-electron chi connectivity index (χ4n) is 3.97. The second-order valence-electron chi connectivity index (χ2n) is 7.91. The maximum Gasteiger partial charge on any atom is 0.323 e. The van der Waals surface area contributed by atoms with Gasteiger partial charge in [0.2, 0.25) is 5.75 Å². The van der Waals surface area contributed by atoms with Gasteiger partial charge in [-0.1, -0.05) is 23.8 Å². The van der Waals surface area contributed by atoms with Crippen molar-refractivity contribution in [3.8, 4) is 17.2 Å². The first-order valence-corrected chi connectivity index (χ1v) is 10.8. The summed E-state index contributed by atoms with van der Waals surface area (Å²) in [6.45, 7) is 2.59. The number of nitrogens with one attached hydrogen (secondary N) is 2. The van der Waals surface area contributed by atoms with Crippen LogP contribution in [0, 0.1) is 6.92 Å².